The SMILES string of the molecule is N#CCNc1cc[c]cc1. The molecular formula is C8H7N2. The smallest absolute Gasteiger partial charge is 0.103 e. The lowest BCUT2D eigenvalue weighted by atomic mass is 10.3. The molecule has 0 spiro atoms. The molecule has 0 aliphatic carbocycles. The van der Waals surface area contributed by atoms with E-state index < -0.39 is 0 Å². The number of nitrogens with one attached hydrogen (secondary N) is 1. The largest absolute Gasteiger partial charge is 0.372 e. The number of hydrogen-bond donors (Lipinski definition) is 1. The van der Waals surface area contributed by atoms with E-state index in [1.807, 2.05) is 18.2 Å². The molecule has 0 aromatic heterocycles. The van der Waals surface area contributed by atoms with Crippen LogP contribution in [0, 0.1) is 17.4 Å². The van der Waals surface area contributed by atoms with Gasteiger partial charge in [0.25, 0.3) is 0 Å². The van der Waals surface area contributed by atoms with Crippen LogP contribution in [0.2, 0.25) is 0 Å². The van der Waals surface area contributed by atoms with Crippen LogP contribution in [0.1, 0.15) is 0 Å². The number of anilines is 1. The number of nitriles is 1. The van der Waals surface area contributed by atoms with Crippen LogP contribution in [0.25, 0.3) is 0 Å². The standard InChI is InChI=1S/C8H7N2/c9-6-7-10-8-4-2-1-3-5-8/h2-5,10H,7H2. The van der Waals surface area contributed by atoms with Crippen LogP contribution >= 0.6 is 0 Å². The Morgan fingerprint density at radius 2 is 2.20 bits per heavy atom. The van der Waals surface area contributed by atoms with Gasteiger partial charge in [-0.3, -0.25) is 0 Å². The van der Waals surface area contributed by atoms with Crippen LogP contribution in [0.15, 0.2) is 24.3 Å². The van der Waals surface area contributed by atoms with Gasteiger partial charge in [0, 0.05) is 5.69 Å². The van der Waals surface area contributed by atoms with Gasteiger partial charge in [-0.25, -0.2) is 0 Å². The average molecular weight is 131 g/mol. The lowest BCUT2D eigenvalue weighted by Crippen LogP contribution is -1.96. The maximum Gasteiger partial charge on any atom is 0.103 e. The molecule has 1 aromatic carbocycles. The Hall–Kier alpha value is -1.49. The van der Waals surface area contributed by atoms with Crippen molar-refractivity contribution in [3.63, 3.8) is 0 Å². The zero-order chi connectivity index (χ0) is 7.23. The molecule has 0 saturated heterocycles. The summed E-state index contributed by atoms with van der Waals surface area (Å²) in [6, 6.07) is 12.2. The Bertz CT molecular complexity index is 223. The molecule has 0 amide bonds. The predicted octanol–water partition coefficient (Wildman–Crippen LogP) is 1.42. The fraction of sp³-hybridized carbons (Fsp3) is 0.125. The molecule has 0 heterocycles. The third-order valence-corrected chi connectivity index (χ3v) is 1.09. The lowest BCUT2D eigenvalue weighted by molar-refractivity contribution is 1.32. The zero-order valence-corrected chi connectivity index (χ0v) is 5.46. The second kappa shape index (κ2) is 3.52. The highest BCUT2D eigenvalue weighted by atomic mass is 14.9. The van der Waals surface area contributed by atoms with E-state index in [4.69, 9.17) is 5.26 Å². The van der Waals surface area contributed by atoms with Gasteiger partial charge in [0.1, 0.15) is 6.54 Å². The molecule has 0 aliphatic heterocycles. The van der Waals surface area contributed by atoms with Crippen LogP contribution in [-0.4, -0.2) is 6.54 Å². The highest BCUT2D eigenvalue weighted by molar-refractivity contribution is 5.42. The first-order valence-corrected chi connectivity index (χ1v) is 3.00. The van der Waals surface area contributed by atoms with Crippen molar-refractivity contribution in [2.24, 2.45) is 0 Å². The summed E-state index contributed by atoms with van der Waals surface area (Å²) in [6.45, 7) is 0.351. The summed E-state index contributed by atoms with van der Waals surface area (Å²) in [5.74, 6) is 0. The predicted molar refractivity (Wildman–Crippen MR) is 39.4 cm³/mol. The van der Waals surface area contributed by atoms with Gasteiger partial charge in [-0.1, -0.05) is 12.1 Å². The molecule has 1 rings (SSSR count). The van der Waals surface area contributed by atoms with Crippen molar-refractivity contribution in [3.8, 4) is 6.07 Å². The first-order valence-electron chi connectivity index (χ1n) is 3.00. The molecule has 2 heteroatoms. The Morgan fingerprint density at radius 1 is 1.50 bits per heavy atom. The minimum absolute atomic E-state index is 0.351. The van der Waals surface area contributed by atoms with Crippen molar-refractivity contribution in [2.75, 3.05) is 11.9 Å². The van der Waals surface area contributed by atoms with Crippen LogP contribution in [0.4, 0.5) is 5.69 Å². The Balaban J connectivity index is 2.52. The highest BCUT2D eigenvalue weighted by Gasteiger charge is 1.84. The summed E-state index contributed by atoms with van der Waals surface area (Å²) in [4.78, 5) is 0. The van der Waals surface area contributed by atoms with E-state index in [2.05, 4.69) is 11.4 Å². The summed E-state index contributed by atoms with van der Waals surface area (Å²) in [5.41, 5.74) is 0.959. The van der Waals surface area contributed by atoms with Gasteiger partial charge in [0.15, 0.2) is 0 Å². The lowest BCUT2D eigenvalue weighted by Gasteiger charge is -1.97. The molecule has 10 heavy (non-hydrogen) atoms. The minimum Gasteiger partial charge on any atom is -0.372 e. The van der Waals surface area contributed by atoms with Crippen LogP contribution in [0.5, 0.6) is 0 Å². The Kier molecular flexibility index (Phi) is 2.33. The van der Waals surface area contributed by atoms with Gasteiger partial charge >= 0.3 is 0 Å². The number of nitrogens with zero attached hydrogens (tertiary/aromatic N) is 1. The van der Waals surface area contributed by atoms with Gasteiger partial charge < -0.3 is 5.32 Å². The molecule has 49 valence electrons. The number of benzene rings is 1. The van der Waals surface area contributed by atoms with Gasteiger partial charge in [0.2, 0.25) is 0 Å². The zero-order valence-electron chi connectivity index (χ0n) is 5.46. The van der Waals surface area contributed by atoms with Gasteiger partial charge in [-0.2, -0.15) is 5.26 Å². The fourth-order valence-corrected chi connectivity index (χ4v) is 0.646. The topological polar surface area (TPSA) is 35.8 Å². The van der Waals surface area contributed by atoms with Crippen LogP contribution < -0.4 is 5.32 Å². The summed E-state index contributed by atoms with van der Waals surface area (Å²) in [6.07, 6.45) is 0. The van der Waals surface area contributed by atoms with Crippen LogP contribution in [0.3, 0.4) is 0 Å². The number of hydrogen-bond acceptors (Lipinski definition) is 2. The van der Waals surface area contributed by atoms with E-state index >= 15 is 0 Å². The maximum atomic E-state index is 8.21. The highest BCUT2D eigenvalue weighted by Crippen LogP contribution is 2.02. The van der Waals surface area contributed by atoms with E-state index in [0.29, 0.717) is 6.54 Å². The molecule has 0 saturated carbocycles. The Morgan fingerprint density at radius 3 is 2.80 bits per heavy atom. The van der Waals surface area contributed by atoms with E-state index in [9.17, 15) is 0 Å². The first kappa shape index (κ1) is 6.63. The van der Waals surface area contributed by atoms with Crippen LogP contribution in [-0.2, 0) is 0 Å². The Labute approximate surface area is 60.1 Å². The van der Waals surface area contributed by atoms with E-state index in [1.165, 1.54) is 0 Å². The summed E-state index contributed by atoms with van der Waals surface area (Å²) in [5, 5.41) is 11.1. The van der Waals surface area contributed by atoms with Crippen molar-refractivity contribution >= 4 is 5.69 Å². The molecular weight excluding hydrogens is 124 g/mol. The average Bonchev–Trinajstić information content (AvgIpc) is 2.03. The van der Waals surface area contributed by atoms with Gasteiger partial charge in [-0.15, -0.1) is 0 Å². The molecule has 0 atom stereocenters. The van der Waals surface area contributed by atoms with Gasteiger partial charge in [-0.05, 0) is 18.2 Å². The van der Waals surface area contributed by atoms with E-state index in [0.717, 1.165) is 5.69 Å². The first-order chi connectivity index (χ1) is 4.93. The molecule has 1 radical (unpaired) electrons. The monoisotopic (exact) mass is 131 g/mol. The molecule has 2 nitrogen and oxygen atoms in total. The fourth-order valence-electron chi connectivity index (χ4n) is 0.646. The quantitative estimate of drug-likeness (QED) is 0.616. The van der Waals surface area contributed by atoms with Crippen molar-refractivity contribution in [3.05, 3.63) is 30.3 Å². The second-order valence-corrected chi connectivity index (χ2v) is 1.80. The second-order valence-electron chi connectivity index (χ2n) is 1.80. The minimum atomic E-state index is 0.351. The molecule has 0 bridgehead atoms. The summed E-state index contributed by atoms with van der Waals surface area (Å²) < 4.78 is 0. The maximum absolute atomic E-state index is 8.21. The van der Waals surface area contributed by atoms with Crippen molar-refractivity contribution in [1.82, 2.24) is 0 Å². The molecule has 0 fully saturated rings. The molecule has 0 unspecified atom stereocenters. The summed E-state index contributed by atoms with van der Waals surface area (Å²) in [7, 11) is 0. The molecule has 1 N–H and O–H groups in total. The van der Waals surface area contributed by atoms with E-state index in [-0.39, 0.29) is 0 Å². The third kappa shape index (κ3) is 1.79. The summed E-state index contributed by atoms with van der Waals surface area (Å²) >= 11 is 0. The molecule has 0 aliphatic rings. The van der Waals surface area contributed by atoms with Crippen molar-refractivity contribution < 1.29 is 0 Å². The van der Waals surface area contributed by atoms with Gasteiger partial charge in [0.05, 0.1) is 6.07 Å². The van der Waals surface area contributed by atoms with Crippen molar-refractivity contribution in [1.29, 1.82) is 5.26 Å². The third-order valence-electron chi connectivity index (χ3n) is 1.09. The number of rotatable bonds is 2. The molecule has 1 aromatic rings. The van der Waals surface area contributed by atoms with Crippen molar-refractivity contribution in [2.45, 2.75) is 0 Å². The van der Waals surface area contributed by atoms with E-state index in [1.54, 1.807) is 12.1 Å². The normalized spacial score (nSPS) is 8.30.